The van der Waals surface area contributed by atoms with Crippen LogP contribution in [0.3, 0.4) is 0 Å². The van der Waals surface area contributed by atoms with Crippen molar-refractivity contribution in [1.82, 2.24) is 0 Å². The molecule has 1 unspecified atom stereocenters. The van der Waals surface area contributed by atoms with Crippen LogP contribution in [0.25, 0.3) is 0 Å². The molecule has 1 heterocycles. The third-order valence-electron chi connectivity index (χ3n) is 2.58. The average molecular weight is 225 g/mol. The van der Waals surface area contributed by atoms with Crippen molar-refractivity contribution < 1.29 is 13.5 Å². The SMILES string of the molecule is NC(Cc1c(F)cccc1F)C1=CCCO1. The van der Waals surface area contributed by atoms with E-state index in [1.54, 1.807) is 0 Å². The van der Waals surface area contributed by atoms with Gasteiger partial charge in [0, 0.05) is 18.4 Å². The van der Waals surface area contributed by atoms with E-state index in [2.05, 4.69) is 0 Å². The molecule has 0 saturated heterocycles. The fraction of sp³-hybridized carbons (Fsp3) is 0.333. The second kappa shape index (κ2) is 4.61. The van der Waals surface area contributed by atoms with E-state index in [4.69, 9.17) is 10.5 Å². The normalized spacial score (nSPS) is 16.8. The van der Waals surface area contributed by atoms with Crippen LogP contribution in [0.1, 0.15) is 12.0 Å². The lowest BCUT2D eigenvalue weighted by Gasteiger charge is -2.14. The van der Waals surface area contributed by atoms with Crippen molar-refractivity contribution in [3.63, 3.8) is 0 Å². The molecule has 2 N–H and O–H groups in total. The number of rotatable bonds is 3. The molecule has 1 aromatic rings. The van der Waals surface area contributed by atoms with Crippen LogP contribution >= 0.6 is 0 Å². The van der Waals surface area contributed by atoms with E-state index < -0.39 is 17.7 Å². The molecule has 0 saturated carbocycles. The minimum absolute atomic E-state index is 0.0198. The summed E-state index contributed by atoms with van der Waals surface area (Å²) < 4.78 is 31.9. The highest BCUT2D eigenvalue weighted by atomic mass is 19.1. The van der Waals surface area contributed by atoms with Crippen LogP contribution < -0.4 is 5.73 Å². The van der Waals surface area contributed by atoms with Gasteiger partial charge in [-0.05, 0) is 18.2 Å². The molecule has 1 aliphatic heterocycles. The van der Waals surface area contributed by atoms with E-state index in [0.717, 1.165) is 6.42 Å². The van der Waals surface area contributed by atoms with Crippen LogP contribution in [0.5, 0.6) is 0 Å². The summed E-state index contributed by atoms with van der Waals surface area (Å²) in [7, 11) is 0. The highest BCUT2D eigenvalue weighted by Crippen LogP contribution is 2.19. The minimum Gasteiger partial charge on any atom is -0.496 e. The van der Waals surface area contributed by atoms with Crippen LogP contribution in [0.2, 0.25) is 0 Å². The van der Waals surface area contributed by atoms with Gasteiger partial charge in [-0.2, -0.15) is 0 Å². The van der Waals surface area contributed by atoms with Gasteiger partial charge in [-0.1, -0.05) is 6.07 Å². The van der Waals surface area contributed by atoms with Crippen LogP contribution in [0.4, 0.5) is 8.78 Å². The zero-order valence-electron chi connectivity index (χ0n) is 8.75. The van der Waals surface area contributed by atoms with Gasteiger partial charge in [-0.25, -0.2) is 8.78 Å². The molecule has 1 aliphatic rings. The Bertz CT molecular complexity index is 397. The number of nitrogens with two attached hydrogens (primary N) is 1. The first-order valence-corrected chi connectivity index (χ1v) is 5.20. The van der Waals surface area contributed by atoms with Crippen LogP contribution in [0.15, 0.2) is 30.0 Å². The molecule has 0 spiro atoms. The summed E-state index contributed by atoms with van der Waals surface area (Å²) in [6.45, 7) is 0.600. The Hall–Kier alpha value is -1.42. The summed E-state index contributed by atoms with van der Waals surface area (Å²) in [5.74, 6) is -0.495. The quantitative estimate of drug-likeness (QED) is 0.855. The Labute approximate surface area is 92.7 Å². The van der Waals surface area contributed by atoms with Crippen LogP contribution in [-0.4, -0.2) is 12.6 Å². The summed E-state index contributed by atoms with van der Waals surface area (Å²) in [6.07, 6.45) is 2.79. The number of hydrogen-bond acceptors (Lipinski definition) is 2. The molecule has 0 fully saturated rings. The van der Waals surface area contributed by atoms with Gasteiger partial charge in [0.25, 0.3) is 0 Å². The third kappa shape index (κ3) is 2.22. The van der Waals surface area contributed by atoms with E-state index in [-0.39, 0.29) is 12.0 Å². The molecule has 1 atom stereocenters. The summed E-state index contributed by atoms with van der Waals surface area (Å²) in [4.78, 5) is 0. The standard InChI is InChI=1S/C12H13F2NO/c13-9-3-1-4-10(14)8(9)7-11(15)12-5-2-6-16-12/h1,3-5,11H,2,6-7,15H2. The summed E-state index contributed by atoms with van der Waals surface area (Å²) in [5.41, 5.74) is 5.84. The Morgan fingerprint density at radius 3 is 2.56 bits per heavy atom. The highest BCUT2D eigenvalue weighted by molar-refractivity contribution is 5.23. The minimum atomic E-state index is -0.561. The first kappa shape index (κ1) is 11.1. The molecular formula is C12H13F2NO. The zero-order chi connectivity index (χ0) is 11.5. The number of ether oxygens (including phenoxy) is 1. The van der Waals surface area contributed by atoms with Gasteiger partial charge in [0.05, 0.1) is 12.6 Å². The van der Waals surface area contributed by atoms with E-state index in [0.29, 0.717) is 12.4 Å². The van der Waals surface area contributed by atoms with Crippen molar-refractivity contribution in [2.45, 2.75) is 18.9 Å². The lowest BCUT2D eigenvalue weighted by Crippen LogP contribution is -2.26. The molecule has 0 bridgehead atoms. The van der Waals surface area contributed by atoms with E-state index >= 15 is 0 Å². The van der Waals surface area contributed by atoms with Crippen molar-refractivity contribution in [3.05, 3.63) is 47.2 Å². The summed E-state index contributed by atoms with van der Waals surface area (Å²) in [6, 6.07) is 3.32. The van der Waals surface area contributed by atoms with Gasteiger partial charge in [0.1, 0.15) is 17.4 Å². The fourth-order valence-electron chi connectivity index (χ4n) is 1.74. The van der Waals surface area contributed by atoms with Gasteiger partial charge in [-0.3, -0.25) is 0 Å². The molecule has 0 radical (unpaired) electrons. The average Bonchev–Trinajstić information content (AvgIpc) is 2.76. The predicted molar refractivity (Wildman–Crippen MR) is 56.7 cm³/mol. The van der Waals surface area contributed by atoms with Gasteiger partial charge < -0.3 is 10.5 Å². The van der Waals surface area contributed by atoms with Gasteiger partial charge >= 0.3 is 0 Å². The predicted octanol–water partition coefficient (Wildman–Crippen LogP) is 2.14. The van der Waals surface area contributed by atoms with E-state index in [9.17, 15) is 8.78 Å². The Balaban J connectivity index is 2.14. The first-order chi connectivity index (χ1) is 7.68. The smallest absolute Gasteiger partial charge is 0.129 e. The Morgan fingerprint density at radius 2 is 2.00 bits per heavy atom. The van der Waals surface area contributed by atoms with Crippen molar-refractivity contribution in [2.75, 3.05) is 6.61 Å². The molecule has 0 aromatic heterocycles. The molecule has 2 nitrogen and oxygen atoms in total. The second-order valence-electron chi connectivity index (χ2n) is 3.75. The van der Waals surface area contributed by atoms with Gasteiger partial charge in [0.2, 0.25) is 0 Å². The van der Waals surface area contributed by atoms with Crippen molar-refractivity contribution in [3.8, 4) is 0 Å². The zero-order valence-corrected chi connectivity index (χ0v) is 8.75. The maximum absolute atomic E-state index is 13.3. The van der Waals surface area contributed by atoms with Gasteiger partial charge in [0.15, 0.2) is 0 Å². The maximum Gasteiger partial charge on any atom is 0.129 e. The van der Waals surface area contributed by atoms with Crippen molar-refractivity contribution in [2.24, 2.45) is 5.73 Å². The van der Waals surface area contributed by atoms with Crippen molar-refractivity contribution >= 4 is 0 Å². The highest BCUT2D eigenvalue weighted by Gasteiger charge is 2.18. The molecule has 2 rings (SSSR count). The lowest BCUT2D eigenvalue weighted by molar-refractivity contribution is 0.224. The number of benzene rings is 1. The summed E-state index contributed by atoms with van der Waals surface area (Å²) >= 11 is 0. The molecule has 16 heavy (non-hydrogen) atoms. The molecule has 86 valence electrons. The van der Waals surface area contributed by atoms with E-state index in [1.807, 2.05) is 6.08 Å². The third-order valence-corrected chi connectivity index (χ3v) is 2.58. The van der Waals surface area contributed by atoms with Crippen molar-refractivity contribution in [1.29, 1.82) is 0 Å². The topological polar surface area (TPSA) is 35.2 Å². The second-order valence-corrected chi connectivity index (χ2v) is 3.75. The number of hydrogen-bond donors (Lipinski definition) is 1. The number of halogens is 2. The Morgan fingerprint density at radius 1 is 1.31 bits per heavy atom. The molecular weight excluding hydrogens is 212 g/mol. The fourth-order valence-corrected chi connectivity index (χ4v) is 1.74. The van der Waals surface area contributed by atoms with Crippen LogP contribution in [-0.2, 0) is 11.2 Å². The molecule has 4 heteroatoms. The molecule has 0 amide bonds. The molecule has 0 aliphatic carbocycles. The molecule has 1 aromatic carbocycles. The summed E-state index contributed by atoms with van der Waals surface area (Å²) in [5, 5.41) is 0. The first-order valence-electron chi connectivity index (χ1n) is 5.20. The van der Waals surface area contributed by atoms with E-state index in [1.165, 1.54) is 18.2 Å². The maximum atomic E-state index is 13.3. The monoisotopic (exact) mass is 225 g/mol. The largest absolute Gasteiger partial charge is 0.496 e. The van der Waals surface area contributed by atoms with Gasteiger partial charge in [-0.15, -0.1) is 0 Å². The lowest BCUT2D eigenvalue weighted by atomic mass is 10.0. The van der Waals surface area contributed by atoms with Crippen LogP contribution in [0, 0.1) is 11.6 Å². The Kier molecular flexibility index (Phi) is 3.19.